The molecule has 1 amide bonds. The zero-order valence-corrected chi connectivity index (χ0v) is 11.3. The van der Waals surface area contributed by atoms with Crippen molar-refractivity contribution in [3.05, 3.63) is 41.7 Å². The minimum absolute atomic E-state index is 0.173. The molecule has 1 aromatic carbocycles. The summed E-state index contributed by atoms with van der Waals surface area (Å²) in [5.41, 5.74) is 6.54. The summed E-state index contributed by atoms with van der Waals surface area (Å²) in [5, 5.41) is 6.31. The Labute approximate surface area is 116 Å². The average Bonchev–Trinajstić information content (AvgIpc) is 2.84. The number of nitrogens with zero attached hydrogens (tertiary/aromatic N) is 1. The van der Waals surface area contributed by atoms with E-state index in [4.69, 9.17) is 15.0 Å². The van der Waals surface area contributed by atoms with E-state index in [1.54, 1.807) is 13.0 Å². The van der Waals surface area contributed by atoms with Crippen molar-refractivity contribution >= 4 is 11.7 Å². The average molecular weight is 275 g/mol. The van der Waals surface area contributed by atoms with Crippen LogP contribution in [0.5, 0.6) is 5.75 Å². The Balaban J connectivity index is 1.76. The first-order chi connectivity index (χ1) is 9.67. The van der Waals surface area contributed by atoms with Crippen molar-refractivity contribution in [1.29, 1.82) is 0 Å². The van der Waals surface area contributed by atoms with Gasteiger partial charge in [0.1, 0.15) is 11.5 Å². The van der Waals surface area contributed by atoms with Crippen LogP contribution in [0.15, 0.2) is 34.9 Å². The van der Waals surface area contributed by atoms with Gasteiger partial charge in [0.2, 0.25) is 5.91 Å². The van der Waals surface area contributed by atoms with Crippen molar-refractivity contribution in [2.24, 2.45) is 5.73 Å². The molecule has 0 radical (unpaired) electrons. The summed E-state index contributed by atoms with van der Waals surface area (Å²) in [6.07, 6.45) is 0.235. The van der Waals surface area contributed by atoms with Crippen LogP contribution in [0.25, 0.3) is 0 Å². The fraction of sp³-hybridized carbons (Fsp3) is 0.286. The first-order valence-electron chi connectivity index (χ1n) is 6.32. The molecule has 0 atom stereocenters. The third-order valence-electron chi connectivity index (χ3n) is 2.63. The maximum absolute atomic E-state index is 11.6. The number of nitrogens with two attached hydrogens (primary N) is 1. The Morgan fingerprint density at radius 1 is 1.45 bits per heavy atom. The summed E-state index contributed by atoms with van der Waals surface area (Å²) in [6, 6.07) is 9.14. The minimum Gasteiger partial charge on any atom is -0.493 e. The molecule has 1 heterocycles. The van der Waals surface area contributed by atoms with E-state index < -0.39 is 0 Å². The van der Waals surface area contributed by atoms with E-state index in [-0.39, 0.29) is 18.9 Å². The van der Waals surface area contributed by atoms with E-state index >= 15 is 0 Å². The number of ether oxygens (including phenoxy) is 1. The molecule has 6 heteroatoms. The largest absolute Gasteiger partial charge is 0.493 e. The third kappa shape index (κ3) is 4.10. The van der Waals surface area contributed by atoms with Crippen LogP contribution in [0.2, 0.25) is 0 Å². The quantitative estimate of drug-likeness (QED) is 0.839. The predicted molar refractivity (Wildman–Crippen MR) is 74.3 cm³/mol. The Kier molecular flexibility index (Phi) is 4.73. The van der Waals surface area contributed by atoms with Gasteiger partial charge >= 0.3 is 0 Å². The van der Waals surface area contributed by atoms with Crippen molar-refractivity contribution in [1.82, 2.24) is 5.16 Å². The molecule has 0 spiro atoms. The van der Waals surface area contributed by atoms with Crippen LogP contribution in [-0.2, 0) is 11.3 Å². The third-order valence-corrected chi connectivity index (χ3v) is 2.63. The van der Waals surface area contributed by atoms with Gasteiger partial charge in [-0.15, -0.1) is 0 Å². The lowest BCUT2D eigenvalue weighted by atomic mass is 10.2. The number of carbonyl (C=O) groups excluding carboxylic acids is 1. The fourth-order valence-electron chi connectivity index (χ4n) is 1.65. The number of hydrogen-bond acceptors (Lipinski definition) is 5. The molecule has 3 N–H and O–H groups in total. The summed E-state index contributed by atoms with van der Waals surface area (Å²) < 4.78 is 10.4. The van der Waals surface area contributed by atoms with Gasteiger partial charge in [-0.1, -0.05) is 17.3 Å². The van der Waals surface area contributed by atoms with E-state index in [1.807, 2.05) is 24.3 Å². The molecule has 2 rings (SSSR count). The van der Waals surface area contributed by atoms with Gasteiger partial charge < -0.3 is 20.3 Å². The van der Waals surface area contributed by atoms with Gasteiger partial charge in [-0.05, 0) is 24.6 Å². The Morgan fingerprint density at radius 3 is 3.00 bits per heavy atom. The summed E-state index contributed by atoms with van der Waals surface area (Å²) in [7, 11) is 0. The number of aryl methyl sites for hydroxylation is 1. The summed E-state index contributed by atoms with van der Waals surface area (Å²) in [5.74, 6) is 1.60. The Hall–Kier alpha value is -2.34. The second-order valence-electron chi connectivity index (χ2n) is 4.32. The zero-order chi connectivity index (χ0) is 14.4. The van der Waals surface area contributed by atoms with E-state index in [1.165, 1.54) is 0 Å². The predicted octanol–water partition coefficient (Wildman–Crippen LogP) is 1.85. The van der Waals surface area contributed by atoms with Gasteiger partial charge in [0, 0.05) is 12.6 Å². The van der Waals surface area contributed by atoms with Crippen LogP contribution in [0, 0.1) is 6.92 Å². The number of anilines is 1. The van der Waals surface area contributed by atoms with Gasteiger partial charge in [-0.2, -0.15) is 0 Å². The smallest absolute Gasteiger partial charge is 0.229 e. The maximum Gasteiger partial charge on any atom is 0.229 e. The highest BCUT2D eigenvalue weighted by atomic mass is 16.5. The van der Waals surface area contributed by atoms with E-state index in [0.717, 1.165) is 5.56 Å². The van der Waals surface area contributed by atoms with Crippen molar-refractivity contribution in [3.8, 4) is 5.75 Å². The van der Waals surface area contributed by atoms with Crippen LogP contribution in [0.1, 0.15) is 17.7 Å². The molecular formula is C14H17N3O3. The van der Waals surface area contributed by atoms with Crippen molar-refractivity contribution in [3.63, 3.8) is 0 Å². The lowest BCUT2D eigenvalue weighted by Gasteiger charge is -2.07. The Bertz CT molecular complexity index is 581. The topological polar surface area (TPSA) is 90.4 Å². The lowest BCUT2D eigenvalue weighted by molar-refractivity contribution is -0.116. The second kappa shape index (κ2) is 6.72. The fourth-order valence-corrected chi connectivity index (χ4v) is 1.65. The van der Waals surface area contributed by atoms with Crippen LogP contribution >= 0.6 is 0 Å². The SMILES string of the molecule is Cc1cc(NC(=O)CCOc2cccc(CN)c2)no1. The molecule has 1 aromatic heterocycles. The molecule has 0 unspecified atom stereocenters. The minimum atomic E-state index is -0.173. The normalized spacial score (nSPS) is 10.3. The molecule has 106 valence electrons. The molecule has 0 saturated heterocycles. The molecule has 0 fully saturated rings. The zero-order valence-electron chi connectivity index (χ0n) is 11.3. The molecule has 20 heavy (non-hydrogen) atoms. The molecular weight excluding hydrogens is 258 g/mol. The second-order valence-corrected chi connectivity index (χ2v) is 4.32. The van der Waals surface area contributed by atoms with Crippen LogP contribution < -0.4 is 15.8 Å². The highest BCUT2D eigenvalue weighted by molar-refractivity contribution is 5.89. The first kappa shape index (κ1) is 14.1. The number of amides is 1. The highest BCUT2D eigenvalue weighted by Gasteiger charge is 2.06. The first-order valence-corrected chi connectivity index (χ1v) is 6.32. The van der Waals surface area contributed by atoms with Crippen LogP contribution in [-0.4, -0.2) is 17.7 Å². The van der Waals surface area contributed by atoms with Gasteiger partial charge in [-0.3, -0.25) is 4.79 Å². The van der Waals surface area contributed by atoms with E-state index in [2.05, 4.69) is 10.5 Å². The number of hydrogen-bond donors (Lipinski definition) is 2. The van der Waals surface area contributed by atoms with Crippen molar-refractivity contribution < 1.29 is 14.1 Å². The lowest BCUT2D eigenvalue weighted by Crippen LogP contribution is -2.15. The van der Waals surface area contributed by atoms with Gasteiger partial charge in [0.15, 0.2) is 5.82 Å². The number of carbonyl (C=O) groups is 1. The van der Waals surface area contributed by atoms with Gasteiger partial charge in [0.25, 0.3) is 0 Å². The molecule has 0 bridgehead atoms. The van der Waals surface area contributed by atoms with Crippen molar-refractivity contribution in [2.75, 3.05) is 11.9 Å². The molecule has 0 aliphatic heterocycles. The molecule has 0 aliphatic rings. The molecule has 0 aliphatic carbocycles. The molecule has 0 saturated carbocycles. The highest BCUT2D eigenvalue weighted by Crippen LogP contribution is 2.13. The number of aromatic nitrogens is 1. The summed E-state index contributed by atoms with van der Waals surface area (Å²) >= 11 is 0. The van der Waals surface area contributed by atoms with Crippen molar-refractivity contribution in [2.45, 2.75) is 19.9 Å². The van der Waals surface area contributed by atoms with Gasteiger partial charge in [-0.25, -0.2) is 0 Å². The van der Waals surface area contributed by atoms with Crippen LogP contribution in [0.3, 0.4) is 0 Å². The number of benzene rings is 1. The standard InChI is InChI=1S/C14H17N3O3/c1-10-7-13(17-20-10)16-14(18)5-6-19-12-4-2-3-11(8-12)9-15/h2-4,7-8H,5-6,9,15H2,1H3,(H,16,17,18). The van der Waals surface area contributed by atoms with E-state index in [9.17, 15) is 4.79 Å². The molecule has 2 aromatic rings. The van der Waals surface area contributed by atoms with Crippen LogP contribution in [0.4, 0.5) is 5.82 Å². The number of nitrogens with one attached hydrogen (secondary N) is 1. The van der Waals surface area contributed by atoms with E-state index in [0.29, 0.717) is 23.9 Å². The summed E-state index contributed by atoms with van der Waals surface area (Å²) in [4.78, 5) is 11.6. The summed E-state index contributed by atoms with van der Waals surface area (Å²) in [6.45, 7) is 2.51. The Morgan fingerprint density at radius 2 is 2.30 bits per heavy atom. The maximum atomic E-state index is 11.6. The van der Waals surface area contributed by atoms with Gasteiger partial charge in [0.05, 0.1) is 13.0 Å². The monoisotopic (exact) mass is 275 g/mol. The number of rotatable bonds is 6. The molecule has 6 nitrogen and oxygen atoms in total.